The second kappa shape index (κ2) is 6.52. The Bertz CT molecular complexity index is 828. The highest BCUT2D eigenvalue weighted by Gasteiger charge is 2.16. The first kappa shape index (κ1) is 15.9. The summed E-state index contributed by atoms with van der Waals surface area (Å²) in [6.07, 6.45) is 1.60. The minimum Gasteiger partial charge on any atom is -0.310 e. The molecular weight excluding hydrogens is 308 g/mol. The third-order valence-corrected chi connectivity index (χ3v) is 4.93. The fourth-order valence-corrected chi connectivity index (χ4v) is 3.33. The maximum atomic E-state index is 12.1. The summed E-state index contributed by atoms with van der Waals surface area (Å²) < 4.78 is 25.3. The molecule has 8 heteroatoms. The summed E-state index contributed by atoms with van der Waals surface area (Å²) in [6, 6.07) is 10.5. The average molecular weight is 322 g/mol. The number of aromatic nitrogens is 1. The summed E-state index contributed by atoms with van der Waals surface area (Å²) in [4.78, 5) is 22.0. The number of rotatable bonds is 6. The van der Waals surface area contributed by atoms with Crippen LogP contribution < -0.4 is 5.56 Å². The van der Waals surface area contributed by atoms with E-state index in [1.165, 1.54) is 24.4 Å². The molecule has 116 valence electrons. The third-order valence-electron chi connectivity index (χ3n) is 3.11. The quantitative estimate of drug-likeness (QED) is 0.594. The van der Waals surface area contributed by atoms with Crippen LogP contribution in [0.4, 0.5) is 5.69 Å². The van der Waals surface area contributed by atoms with E-state index >= 15 is 0 Å². The lowest BCUT2D eigenvalue weighted by Gasteiger charge is -2.06. The minimum absolute atomic E-state index is 0.104. The van der Waals surface area contributed by atoms with Crippen LogP contribution in [0.25, 0.3) is 0 Å². The van der Waals surface area contributed by atoms with Crippen molar-refractivity contribution in [3.63, 3.8) is 0 Å². The summed E-state index contributed by atoms with van der Waals surface area (Å²) in [5.74, 6) is -0.133. The Morgan fingerprint density at radius 3 is 2.41 bits per heavy atom. The molecule has 0 amide bonds. The van der Waals surface area contributed by atoms with Crippen molar-refractivity contribution in [3.05, 3.63) is 69.1 Å². The molecule has 1 aromatic heterocycles. The summed E-state index contributed by atoms with van der Waals surface area (Å²) in [6.45, 7) is 0.104. The van der Waals surface area contributed by atoms with Crippen LogP contribution in [0.2, 0.25) is 0 Å². The summed E-state index contributed by atoms with van der Waals surface area (Å²) in [5, 5.41) is 10.7. The van der Waals surface area contributed by atoms with Crippen LogP contribution in [0.1, 0.15) is 6.42 Å². The molecule has 0 N–H and O–H groups in total. The molecule has 0 saturated carbocycles. The Balaban J connectivity index is 2.08. The molecule has 2 aromatic rings. The first-order valence-electron chi connectivity index (χ1n) is 6.53. The molecule has 0 saturated heterocycles. The van der Waals surface area contributed by atoms with E-state index in [0.717, 1.165) is 10.6 Å². The predicted molar refractivity (Wildman–Crippen MR) is 80.5 cm³/mol. The van der Waals surface area contributed by atoms with E-state index in [1.54, 1.807) is 18.2 Å². The van der Waals surface area contributed by atoms with Crippen LogP contribution in [0, 0.1) is 10.1 Å². The topological polar surface area (TPSA) is 99.3 Å². The van der Waals surface area contributed by atoms with Crippen molar-refractivity contribution < 1.29 is 13.3 Å². The molecule has 1 heterocycles. The maximum absolute atomic E-state index is 12.1. The predicted octanol–water partition coefficient (Wildman–Crippen LogP) is 1.62. The summed E-state index contributed by atoms with van der Waals surface area (Å²) in [5.41, 5.74) is -1.25. The number of benzene rings is 1. The zero-order valence-electron chi connectivity index (χ0n) is 11.6. The third kappa shape index (κ3) is 3.59. The fourth-order valence-electron chi connectivity index (χ4n) is 2.01. The van der Waals surface area contributed by atoms with E-state index < -0.39 is 26.0 Å². The first-order valence-corrected chi connectivity index (χ1v) is 8.19. The van der Waals surface area contributed by atoms with Gasteiger partial charge in [-0.05, 0) is 24.6 Å². The van der Waals surface area contributed by atoms with Crippen LogP contribution in [0.5, 0.6) is 0 Å². The second-order valence-corrected chi connectivity index (χ2v) is 6.74. The van der Waals surface area contributed by atoms with E-state index in [0.29, 0.717) is 0 Å². The SMILES string of the molecule is O=c1c([N+](=O)[O-])cccn1CCCS(=O)(=O)c1ccccc1. The van der Waals surface area contributed by atoms with Gasteiger partial charge in [-0.2, -0.15) is 0 Å². The standard InChI is InChI=1S/C14H14N2O5S/c17-14-13(16(18)19)8-4-9-15(14)10-5-11-22(20,21)12-6-2-1-3-7-12/h1-4,6-9H,5,10-11H2. The van der Waals surface area contributed by atoms with Crippen molar-refractivity contribution in [2.75, 3.05) is 5.75 Å². The van der Waals surface area contributed by atoms with Gasteiger partial charge < -0.3 is 4.57 Å². The largest absolute Gasteiger partial charge is 0.334 e. The minimum atomic E-state index is -3.42. The number of nitro groups is 1. The van der Waals surface area contributed by atoms with Crippen molar-refractivity contribution in [1.82, 2.24) is 4.57 Å². The number of hydrogen-bond acceptors (Lipinski definition) is 5. The van der Waals surface area contributed by atoms with Crippen LogP contribution in [-0.4, -0.2) is 23.7 Å². The van der Waals surface area contributed by atoms with Gasteiger partial charge in [0.15, 0.2) is 9.84 Å². The molecule has 0 aliphatic carbocycles. The van der Waals surface area contributed by atoms with E-state index in [2.05, 4.69) is 0 Å². The molecule has 7 nitrogen and oxygen atoms in total. The molecule has 0 spiro atoms. The lowest BCUT2D eigenvalue weighted by molar-refractivity contribution is -0.386. The van der Waals surface area contributed by atoms with E-state index in [-0.39, 0.29) is 23.6 Å². The van der Waals surface area contributed by atoms with E-state index in [4.69, 9.17) is 0 Å². The van der Waals surface area contributed by atoms with Gasteiger partial charge in [0.25, 0.3) is 0 Å². The number of aryl methyl sites for hydroxylation is 1. The van der Waals surface area contributed by atoms with Crippen molar-refractivity contribution >= 4 is 15.5 Å². The molecule has 0 unspecified atom stereocenters. The van der Waals surface area contributed by atoms with Gasteiger partial charge in [-0.25, -0.2) is 8.42 Å². The Kier molecular flexibility index (Phi) is 4.71. The number of hydrogen-bond donors (Lipinski definition) is 0. The van der Waals surface area contributed by atoms with Gasteiger partial charge in [0.1, 0.15) is 0 Å². The molecule has 0 atom stereocenters. The first-order chi connectivity index (χ1) is 10.4. The molecule has 22 heavy (non-hydrogen) atoms. The molecule has 0 aliphatic rings. The zero-order valence-corrected chi connectivity index (χ0v) is 12.4. The van der Waals surface area contributed by atoms with Gasteiger partial charge in [-0.15, -0.1) is 0 Å². The Hall–Kier alpha value is -2.48. The highest BCUT2D eigenvalue weighted by atomic mass is 32.2. The smallest absolute Gasteiger partial charge is 0.310 e. The molecule has 0 radical (unpaired) electrons. The van der Waals surface area contributed by atoms with Gasteiger partial charge in [0.05, 0.1) is 15.6 Å². The van der Waals surface area contributed by atoms with E-state index in [9.17, 15) is 23.3 Å². The lowest BCUT2D eigenvalue weighted by atomic mass is 10.4. The van der Waals surface area contributed by atoms with Crippen LogP contribution >= 0.6 is 0 Å². The van der Waals surface area contributed by atoms with Crippen molar-refractivity contribution in [3.8, 4) is 0 Å². The van der Waals surface area contributed by atoms with Gasteiger partial charge in [0, 0.05) is 18.8 Å². The average Bonchev–Trinajstić information content (AvgIpc) is 2.49. The normalized spacial score (nSPS) is 11.3. The fraction of sp³-hybridized carbons (Fsp3) is 0.214. The highest BCUT2D eigenvalue weighted by molar-refractivity contribution is 7.91. The molecule has 1 aromatic carbocycles. The molecular formula is C14H14N2O5S. The van der Waals surface area contributed by atoms with Crippen LogP contribution in [-0.2, 0) is 16.4 Å². The molecule has 0 aliphatic heterocycles. The van der Waals surface area contributed by atoms with Crippen LogP contribution in [0.3, 0.4) is 0 Å². The maximum Gasteiger partial charge on any atom is 0.334 e. The monoisotopic (exact) mass is 322 g/mol. The highest BCUT2D eigenvalue weighted by Crippen LogP contribution is 2.11. The Labute approximate surface area is 126 Å². The van der Waals surface area contributed by atoms with Gasteiger partial charge in [0.2, 0.25) is 0 Å². The summed E-state index contributed by atoms with van der Waals surface area (Å²) in [7, 11) is -3.42. The van der Waals surface area contributed by atoms with Gasteiger partial charge in [-0.1, -0.05) is 18.2 Å². The Morgan fingerprint density at radius 1 is 1.09 bits per heavy atom. The van der Waals surface area contributed by atoms with Crippen molar-refractivity contribution in [1.29, 1.82) is 0 Å². The van der Waals surface area contributed by atoms with Crippen molar-refractivity contribution in [2.45, 2.75) is 17.9 Å². The van der Waals surface area contributed by atoms with Crippen molar-refractivity contribution in [2.24, 2.45) is 0 Å². The molecule has 0 bridgehead atoms. The number of nitrogens with zero attached hydrogens (tertiary/aromatic N) is 2. The van der Waals surface area contributed by atoms with Crippen LogP contribution in [0.15, 0.2) is 58.4 Å². The van der Waals surface area contributed by atoms with Gasteiger partial charge >= 0.3 is 11.2 Å². The molecule has 0 fully saturated rings. The second-order valence-electron chi connectivity index (χ2n) is 4.63. The summed E-state index contributed by atoms with van der Waals surface area (Å²) >= 11 is 0. The Morgan fingerprint density at radius 2 is 1.77 bits per heavy atom. The molecule has 2 rings (SSSR count). The van der Waals surface area contributed by atoms with Gasteiger partial charge in [-0.3, -0.25) is 14.9 Å². The zero-order chi connectivity index (χ0) is 16.2. The number of sulfone groups is 1. The number of pyridine rings is 1. The lowest BCUT2D eigenvalue weighted by Crippen LogP contribution is -2.23. The van der Waals surface area contributed by atoms with E-state index in [1.807, 2.05) is 0 Å².